The Morgan fingerprint density at radius 1 is 1.18 bits per heavy atom. The lowest BCUT2D eigenvalue weighted by Crippen LogP contribution is -2.47. The Labute approximate surface area is 195 Å². The molecule has 1 amide bonds. The highest BCUT2D eigenvalue weighted by Gasteiger charge is 2.41. The predicted molar refractivity (Wildman–Crippen MR) is 117 cm³/mol. The van der Waals surface area contributed by atoms with Crippen molar-refractivity contribution < 1.29 is 31.1 Å². The van der Waals surface area contributed by atoms with E-state index < -0.39 is 38.0 Å². The van der Waals surface area contributed by atoms with Crippen molar-refractivity contribution in [2.45, 2.75) is 37.3 Å². The fourth-order valence-electron chi connectivity index (χ4n) is 3.87. The lowest BCUT2D eigenvalue weighted by molar-refractivity contribution is -0.137. The molecular weight excluding hydrogens is 481 g/mol. The number of piperidine rings is 1. The maximum atomic E-state index is 13.0. The number of aryl methyl sites for hydroxylation is 1. The highest BCUT2D eigenvalue weighted by molar-refractivity contribution is 7.89. The number of amides is 1. The molecule has 1 aliphatic rings. The van der Waals surface area contributed by atoms with Gasteiger partial charge >= 0.3 is 6.18 Å². The lowest BCUT2D eigenvalue weighted by Gasteiger charge is -2.40. The molecule has 180 valence electrons. The third-order valence-electron chi connectivity index (χ3n) is 5.81. The van der Waals surface area contributed by atoms with Gasteiger partial charge in [-0.2, -0.15) is 17.5 Å². The lowest BCUT2D eigenvalue weighted by atomic mass is 9.76. The minimum absolute atomic E-state index is 0.00296. The molecule has 3 rings (SSSR count). The zero-order valence-electron chi connectivity index (χ0n) is 17.9. The minimum atomic E-state index is -4.65. The van der Waals surface area contributed by atoms with Crippen LogP contribution in [0.3, 0.4) is 0 Å². The molecule has 1 aliphatic heterocycles. The van der Waals surface area contributed by atoms with Gasteiger partial charge in [-0.3, -0.25) is 4.79 Å². The van der Waals surface area contributed by atoms with Crippen LogP contribution in [0, 0.1) is 12.3 Å². The Hall–Kier alpha value is -2.30. The van der Waals surface area contributed by atoms with Crippen molar-refractivity contribution >= 4 is 27.5 Å². The number of hydrogen-bond donors (Lipinski definition) is 1. The highest BCUT2D eigenvalue weighted by atomic mass is 35.5. The minimum Gasteiger partial charge on any atom is -0.493 e. The molecule has 2 N–H and O–H groups in total. The van der Waals surface area contributed by atoms with Crippen LogP contribution in [0.4, 0.5) is 13.2 Å². The van der Waals surface area contributed by atoms with Crippen molar-refractivity contribution in [1.29, 1.82) is 0 Å². The number of carbonyl (C=O) groups excluding carboxylic acids is 1. The van der Waals surface area contributed by atoms with E-state index in [1.165, 1.54) is 0 Å². The number of rotatable bonds is 7. The predicted octanol–water partition coefficient (Wildman–Crippen LogP) is 4.39. The monoisotopic (exact) mass is 504 g/mol. The number of sulfonamides is 1. The zero-order chi connectivity index (χ0) is 24.4. The maximum absolute atomic E-state index is 13.0. The van der Waals surface area contributed by atoms with Crippen molar-refractivity contribution in [3.05, 3.63) is 58.6 Å². The summed E-state index contributed by atoms with van der Waals surface area (Å²) in [7, 11) is -4.14. The summed E-state index contributed by atoms with van der Waals surface area (Å²) < 4.78 is 72.0. The number of nitrogens with two attached hydrogens (primary N) is 1. The number of benzene rings is 2. The third-order valence-corrected chi connectivity index (χ3v) is 8.12. The molecule has 1 heterocycles. The summed E-state index contributed by atoms with van der Waals surface area (Å²) in [5.74, 6) is 0.0137. The van der Waals surface area contributed by atoms with Gasteiger partial charge in [-0.1, -0.05) is 17.7 Å². The maximum Gasteiger partial charge on any atom is 0.416 e. The van der Waals surface area contributed by atoms with E-state index in [-0.39, 0.29) is 39.0 Å². The smallest absolute Gasteiger partial charge is 0.416 e. The van der Waals surface area contributed by atoms with Crippen molar-refractivity contribution in [3.63, 3.8) is 0 Å². The van der Waals surface area contributed by atoms with Gasteiger partial charge < -0.3 is 10.5 Å². The normalized spacial score (nSPS) is 17.0. The van der Waals surface area contributed by atoms with E-state index in [4.69, 9.17) is 22.1 Å². The summed E-state index contributed by atoms with van der Waals surface area (Å²) in [4.78, 5) is 11.3. The molecule has 1 fully saturated rings. The van der Waals surface area contributed by atoms with Gasteiger partial charge in [0.1, 0.15) is 5.75 Å². The number of nitrogens with zero attached hydrogens (tertiary/aromatic N) is 1. The van der Waals surface area contributed by atoms with E-state index in [1.54, 1.807) is 18.2 Å². The molecule has 0 aliphatic carbocycles. The van der Waals surface area contributed by atoms with Crippen LogP contribution < -0.4 is 10.5 Å². The van der Waals surface area contributed by atoms with Gasteiger partial charge in [-0.15, -0.1) is 0 Å². The number of alkyl halides is 3. The molecule has 6 nitrogen and oxygen atoms in total. The standard InChI is InChI=1S/C22H24ClF3N2O4S/c1-15-11-17(5-6-19(15)23)32-14-21(13-20(27)29)7-9-28(10-8-21)33(30,31)18-4-2-3-16(12-18)22(24,25)26/h2-6,11-12H,7-10,13-14H2,1H3,(H2,27,29). The second-order valence-corrected chi connectivity index (χ2v) is 10.6. The number of ether oxygens (including phenoxy) is 1. The van der Waals surface area contributed by atoms with Crippen LogP contribution in [0.1, 0.15) is 30.4 Å². The van der Waals surface area contributed by atoms with Crippen molar-refractivity contribution in [1.82, 2.24) is 4.31 Å². The van der Waals surface area contributed by atoms with Crippen LogP contribution in [0.25, 0.3) is 0 Å². The SMILES string of the molecule is Cc1cc(OCC2(CC(N)=O)CCN(S(=O)(=O)c3cccc(C(F)(F)F)c3)CC2)ccc1Cl. The van der Waals surface area contributed by atoms with Crippen LogP contribution in [0.2, 0.25) is 5.02 Å². The van der Waals surface area contributed by atoms with Crippen LogP contribution in [-0.2, 0) is 21.0 Å². The van der Waals surface area contributed by atoms with Gasteiger partial charge in [0.05, 0.1) is 17.1 Å². The van der Waals surface area contributed by atoms with E-state index in [0.29, 0.717) is 16.8 Å². The topological polar surface area (TPSA) is 89.7 Å². The van der Waals surface area contributed by atoms with E-state index in [0.717, 1.165) is 28.1 Å². The Bertz CT molecular complexity index is 1130. The van der Waals surface area contributed by atoms with Gasteiger partial charge in [0.25, 0.3) is 0 Å². The summed E-state index contributed by atoms with van der Waals surface area (Å²) in [6.07, 6.45) is -4.13. The van der Waals surface area contributed by atoms with Crippen molar-refractivity contribution in [3.8, 4) is 5.75 Å². The second-order valence-electron chi connectivity index (χ2n) is 8.27. The molecule has 0 atom stereocenters. The molecule has 2 aromatic carbocycles. The summed E-state index contributed by atoms with van der Waals surface area (Å²) >= 11 is 6.03. The Morgan fingerprint density at radius 3 is 2.42 bits per heavy atom. The molecule has 1 saturated heterocycles. The first kappa shape index (κ1) is 25.3. The number of carbonyl (C=O) groups is 1. The first-order chi connectivity index (χ1) is 15.3. The van der Waals surface area contributed by atoms with Crippen LogP contribution >= 0.6 is 11.6 Å². The Morgan fingerprint density at radius 2 is 1.85 bits per heavy atom. The van der Waals surface area contributed by atoms with E-state index in [1.807, 2.05) is 6.92 Å². The van der Waals surface area contributed by atoms with E-state index in [2.05, 4.69) is 0 Å². The van der Waals surface area contributed by atoms with Gasteiger partial charge in [0.15, 0.2) is 0 Å². The fraction of sp³-hybridized carbons (Fsp3) is 0.409. The number of primary amides is 1. The van der Waals surface area contributed by atoms with Crippen LogP contribution in [-0.4, -0.2) is 38.3 Å². The quantitative estimate of drug-likeness (QED) is 0.605. The van der Waals surface area contributed by atoms with Crippen molar-refractivity contribution in [2.75, 3.05) is 19.7 Å². The molecule has 0 bridgehead atoms. The fourth-order valence-corrected chi connectivity index (χ4v) is 5.47. The van der Waals surface area contributed by atoms with Gasteiger partial charge in [0.2, 0.25) is 15.9 Å². The third kappa shape index (κ3) is 5.99. The highest BCUT2D eigenvalue weighted by Crippen LogP contribution is 2.38. The van der Waals surface area contributed by atoms with E-state index >= 15 is 0 Å². The largest absolute Gasteiger partial charge is 0.493 e. The molecule has 33 heavy (non-hydrogen) atoms. The van der Waals surface area contributed by atoms with Gasteiger partial charge in [0, 0.05) is 29.9 Å². The number of halogens is 4. The van der Waals surface area contributed by atoms with E-state index in [9.17, 15) is 26.4 Å². The molecule has 0 aromatic heterocycles. The first-order valence-electron chi connectivity index (χ1n) is 10.2. The first-order valence-corrected chi connectivity index (χ1v) is 12.0. The zero-order valence-corrected chi connectivity index (χ0v) is 19.4. The van der Waals surface area contributed by atoms with Crippen LogP contribution in [0.15, 0.2) is 47.4 Å². The molecular formula is C22H24ClF3N2O4S. The Balaban J connectivity index is 1.75. The van der Waals surface area contributed by atoms with Gasteiger partial charge in [-0.25, -0.2) is 8.42 Å². The average molecular weight is 505 g/mol. The number of hydrogen-bond acceptors (Lipinski definition) is 4. The summed E-state index contributed by atoms with van der Waals surface area (Å²) in [5.41, 5.74) is 4.53. The Kier molecular flexibility index (Phi) is 7.30. The van der Waals surface area contributed by atoms with Gasteiger partial charge in [-0.05, 0) is 61.7 Å². The molecule has 0 unspecified atom stereocenters. The molecule has 0 spiro atoms. The average Bonchev–Trinajstić information content (AvgIpc) is 2.74. The summed E-state index contributed by atoms with van der Waals surface area (Å²) in [6.45, 7) is 2.00. The molecule has 0 radical (unpaired) electrons. The van der Waals surface area contributed by atoms with Crippen LogP contribution in [0.5, 0.6) is 5.75 Å². The second kappa shape index (κ2) is 9.52. The van der Waals surface area contributed by atoms with Crippen molar-refractivity contribution in [2.24, 2.45) is 11.1 Å². The molecule has 0 saturated carbocycles. The molecule has 11 heteroatoms. The summed E-state index contributed by atoms with van der Waals surface area (Å²) in [5, 5.41) is 0.585. The summed E-state index contributed by atoms with van der Waals surface area (Å²) in [6, 6.07) is 8.81. The molecule has 2 aromatic rings.